The number of anilines is 1. The van der Waals surface area contributed by atoms with Crippen LogP contribution in [0.4, 0.5) is 10.5 Å². The number of urea groups is 1. The molecule has 168 valence electrons. The van der Waals surface area contributed by atoms with Crippen molar-refractivity contribution in [3.63, 3.8) is 0 Å². The number of nitrogens with one attached hydrogen (secondary N) is 2. The first-order valence-electron chi connectivity index (χ1n) is 10.1. The SMILES string of the molecule is O=C1NC(=O)N(c2ccc3c(c2)OCO3)C(=O)/C1=C/c1ccc(Sc2nc3ccccc3[nH]2)o1. The maximum Gasteiger partial charge on any atom is 0.335 e. The molecule has 2 N–H and O–H groups in total. The fourth-order valence-corrected chi connectivity index (χ4v) is 4.37. The molecule has 6 rings (SSSR count). The summed E-state index contributed by atoms with van der Waals surface area (Å²) in [6.07, 6.45) is 1.30. The third-order valence-electron chi connectivity index (χ3n) is 5.17. The molecule has 0 bridgehead atoms. The number of ether oxygens (including phenoxy) is 2. The lowest BCUT2D eigenvalue weighted by Crippen LogP contribution is -2.54. The van der Waals surface area contributed by atoms with Crippen molar-refractivity contribution in [1.82, 2.24) is 15.3 Å². The Labute approximate surface area is 195 Å². The molecule has 1 saturated heterocycles. The Morgan fingerprint density at radius 1 is 1.00 bits per heavy atom. The summed E-state index contributed by atoms with van der Waals surface area (Å²) in [4.78, 5) is 46.5. The van der Waals surface area contributed by atoms with Crippen molar-refractivity contribution in [3.05, 3.63) is 65.9 Å². The number of nitrogens with zero attached hydrogens (tertiary/aromatic N) is 2. The number of benzene rings is 2. The number of para-hydroxylation sites is 2. The lowest BCUT2D eigenvalue weighted by molar-refractivity contribution is -0.122. The second kappa shape index (κ2) is 7.81. The predicted molar refractivity (Wildman–Crippen MR) is 120 cm³/mol. The van der Waals surface area contributed by atoms with E-state index in [1.165, 1.54) is 30.0 Å². The van der Waals surface area contributed by atoms with E-state index in [4.69, 9.17) is 13.9 Å². The Morgan fingerprint density at radius 3 is 2.74 bits per heavy atom. The van der Waals surface area contributed by atoms with Crippen molar-refractivity contribution < 1.29 is 28.3 Å². The Kier molecular flexibility index (Phi) is 4.62. The number of carbonyl (C=O) groups is 3. The third-order valence-corrected chi connectivity index (χ3v) is 5.98. The summed E-state index contributed by atoms with van der Waals surface area (Å²) in [6.45, 7) is 0.0510. The van der Waals surface area contributed by atoms with Crippen LogP contribution in [0, 0.1) is 0 Å². The van der Waals surface area contributed by atoms with Crippen molar-refractivity contribution in [3.8, 4) is 11.5 Å². The van der Waals surface area contributed by atoms with Crippen molar-refractivity contribution in [2.75, 3.05) is 11.7 Å². The van der Waals surface area contributed by atoms with Gasteiger partial charge in [0.2, 0.25) is 6.79 Å². The Hall–Kier alpha value is -4.51. The molecular weight excluding hydrogens is 460 g/mol. The van der Waals surface area contributed by atoms with Gasteiger partial charge in [0, 0.05) is 6.07 Å². The molecule has 2 aromatic heterocycles. The van der Waals surface area contributed by atoms with E-state index in [1.54, 1.807) is 18.2 Å². The number of hydrogen-bond acceptors (Lipinski definition) is 8. The van der Waals surface area contributed by atoms with E-state index in [0.717, 1.165) is 15.9 Å². The maximum absolute atomic E-state index is 13.1. The summed E-state index contributed by atoms with van der Waals surface area (Å²) in [5.41, 5.74) is 1.73. The van der Waals surface area contributed by atoms with E-state index >= 15 is 0 Å². The highest BCUT2D eigenvalue weighted by Crippen LogP contribution is 2.36. The molecule has 10 nitrogen and oxygen atoms in total. The number of barbiturate groups is 1. The molecule has 0 spiro atoms. The first kappa shape index (κ1) is 20.1. The van der Waals surface area contributed by atoms with E-state index < -0.39 is 17.8 Å². The number of amides is 4. The third kappa shape index (κ3) is 3.48. The molecule has 0 atom stereocenters. The largest absolute Gasteiger partial charge is 0.454 e. The summed E-state index contributed by atoms with van der Waals surface area (Å²) < 4.78 is 16.3. The molecule has 0 saturated carbocycles. The Balaban J connectivity index is 1.26. The fourth-order valence-electron chi connectivity index (χ4n) is 3.60. The van der Waals surface area contributed by atoms with Gasteiger partial charge in [0.15, 0.2) is 21.7 Å². The molecule has 4 heterocycles. The second-order valence-electron chi connectivity index (χ2n) is 7.31. The average molecular weight is 474 g/mol. The average Bonchev–Trinajstić information content (AvgIpc) is 3.55. The van der Waals surface area contributed by atoms with Crippen LogP contribution in [0.1, 0.15) is 5.76 Å². The van der Waals surface area contributed by atoms with Gasteiger partial charge in [0.1, 0.15) is 11.3 Å². The molecule has 34 heavy (non-hydrogen) atoms. The standard InChI is InChI=1S/C23H14N4O6S/c28-20-14(21(29)27(23(30)26-20)12-5-7-17-18(9-12)32-11-31-17)10-13-6-8-19(33-13)34-22-24-15-3-1-2-4-16(15)25-22/h1-10H,11H2,(H,24,25)(H,26,28,30)/b14-10+. The number of furan rings is 1. The number of imide groups is 2. The van der Waals surface area contributed by atoms with Gasteiger partial charge in [0.25, 0.3) is 11.8 Å². The summed E-state index contributed by atoms with van der Waals surface area (Å²) in [5.74, 6) is -0.410. The summed E-state index contributed by atoms with van der Waals surface area (Å²) >= 11 is 1.27. The van der Waals surface area contributed by atoms with Crippen LogP contribution in [0.5, 0.6) is 11.5 Å². The zero-order valence-electron chi connectivity index (χ0n) is 17.2. The normalized spacial score (nSPS) is 16.5. The van der Waals surface area contributed by atoms with Gasteiger partial charge >= 0.3 is 6.03 Å². The highest BCUT2D eigenvalue weighted by Gasteiger charge is 2.37. The zero-order valence-corrected chi connectivity index (χ0v) is 18.0. The van der Waals surface area contributed by atoms with Crippen LogP contribution in [0.3, 0.4) is 0 Å². The van der Waals surface area contributed by atoms with E-state index in [9.17, 15) is 14.4 Å². The van der Waals surface area contributed by atoms with Crippen molar-refractivity contribution >= 4 is 52.4 Å². The zero-order chi connectivity index (χ0) is 23.2. The number of imidazole rings is 1. The van der Waals surface area contributed by atoms with E-state index in [2.05, 4.69) is 15.3 Å². The number of aromatic amines is 1. The molecule has 1 fully saturated rings. The van der Waals surface area contributed by atoms with E-state index in [-0.39, 0.29) is 23.8 Å². The molecular formula is C23H14N4O6S. The first-order chi connectivity index (χ1) is 16.5. The number of fused-ring (bicyclic) bond motifs is 2. The maximum atomic E-state index is 13.1. The number of aromatic nitrogens is 2. The van der Waals surface area contributed by atoms with Gasteiger partial charge in [-0.1, -0.05) is 12.1 Å². The topological polar surface area (TPSA) is 127 Å². The van der Waals surface area contributed by atoms with Gasteiger partial charge in [-0.3, -0.25) is 14.9 Å². The van der Waals surface area contributed by atoms with Gasteiger partial charge in [0.05, 0.1) is 16.7 Å². The molecule has 0 radical (unpaired) electrons. The highest BCUT2D eigenvalue weighted by molar-refractivity contribution is 7.99. The Morgan fingerprint density at radius 2 is 1.85 bits per heavy atom. The van der Waals surface area contributed by atoms with Crippen LogP contribution in [-0.4, -0.2) is 34.6 Å². The molecule has 0 aliphatic carbocycles. The predicted octanol–water partition coefficient (Wildman–Crippen LogP) is 3.70. The molecule has 11 heteroatoms. The van der Waals surface area contributed by atoms with Gasteiger partial charge in [-0.05, 0) is 54.2 Å². The second-order valence-corrected chi connectivity index (χ2v) is 8.31. The van der Waals surface area contributed by atoms with Crippen LogP contribution in [0.15, 0.2) is 74.8 Å². The monoisotopic (exact) mass is 474 g/mol. The minimum Gasteiger partial charge on any atom is -0.454 e. The minimum atomic E-state index is -0.855. The molecule has 4 aromatic rings. The first-order valence-corrected chi connectivity index (χ1v) is 10.9. The Bertz CT molecular complexity index is 1490. The number of hydrogen-bond donors (Lipinski definition) is 2. The number of rotatable bonds is 4. The van der Waals surface area contributed by atoms with Crippen molar-refractivity contribution in [2.45, 2.75) is 10.2 Å². The van der Waals surface area contributed by atoms with E-state index in [1.807, 2.05) is 24.3 Å². The summed E-state index contributed by atoms with van der Waals surface area (Å²) in [5, 5.41) is 3.33. The van der Waals surface area contributed by atoms with Crippen LogP contribution >= 0.6 is 11.8 Å². The highest BCUT2D eigenvalue weighted by atomic mass is 32.2. The van der Waals surface area contributed by atoms with Gasteiger partial charge < -0.3 is 18.9 Å². The molecule has 2 aliphatic heterocycles. The van der Waals surface area contributed by atoms with Gasteiger partial charge in [-0.2, -0.15) is 0 Å². The van der Waals surface area contributed by atoms with Gasteiger partial charge in [-0.25, -0.2) is 14.7 Å². The van der Waals surface area contributed by atoms with Gasteiger partial charge in [-0.15, -0.1) is 0 Å². The smallest absolute Gasteiger partial charge is 0.335 e. The van der Waals surface area contributed by atoms with Crippen LogP contribution in [0.25, 0.3) is 17.1 Å². The number of H-pyrrole nitrogens is 1. The molecule has 2 aromatic carbocycles. The summed E-state index contributed by atoms with van der Waals surface area (Å²) in [6, 6.07) is 14.7. The van der Waals surface area contributed by atoms with Crippen LogP contribution < -0.4 is 19.7 Å². The fraction of sp³-hybridized carbons (Fsp3) is 0.0435. The molecule has 2 aliphatic rings. The van der Waals surface area contributed by atoms with Crippen LogP contribution in [0.2, 0.25) is 0 Å². The van der Waals surface area contributed by atoms with Crippen molar-refractivity contribution in [2.24, 2.45) is 0 Å². The van der Waals surface area contributed by atoms with E-state index in [0.29, 0.717) is 21.7 Å². The van der Waals surface area contributed by atoms with Crippen molar-refractivity contribution in [1.29, 1.82) is 0 Å². The quantitative estimate of drug-likeness (QED) is 0.339. The number of carbonyl (C=O) groups excluding carboxylic acids is 3. The lowest BCUT2D eigenvalue weighted by atomic mass is 10.1. The lowest BCUT2D eigenvalue weighted by Gasteiger charge is -2.26. The minimum absolute atomic E-state index is 0.0510. The molecule has 0 unspecified atom stereocenters. The van der Waals surface area contributed by atoms with Crippen LogP contribution in [-0.2, 0) is 9.59 Å². The molecule has 4 amide bonds. The summed E-state index contributed by atoms with van der Waals surface area (Å²) in [7, 11) is 0.